The highest BCUT2D eigenvalue weighted by atomic mass is 16.2. The Bertz CT molecular complexity index is 614. The molecule has 0 fully saturated rings. The summed E-state index contributed by atoms with van der Waals surface area (Å²) in [5.74, 6) is 0.196. The van der Waals surface area contributed by atoms with Crippen molar-refractivity contribution in [3.63, 3.8) is 0 Å². The first-order valence-corrected chi connectivity index (χ1v) is 6.68. The number of aromatic nitrogens is 2. The van der Waals surface area contributed by atoms with Gasteiger partial charge in [-0.15, -0.1) is 0 Å². The van der Waals surface area contributed by atoms with E-state index in [4.69, 9.17) is 5.73 Å². The lowest BCUT2D eigenvalue weighted by Gasteiger charge is -2.17. The number of benzene rings is 1. The third-order valence-corrected chi connectivity index (χ3v) is 3.61. The largest absolute Gasteiger partial charge is 0.330 e. The first-order chi connectivity index (χ1) is 9.81. The number of rotatable bonds is 3. The van der Waals surface area contributed by atoms with Crippen LogP contribution >= 0.6 is 0 Å². The minimum Gasteiger partial charge on any atom is -0.330 e. The summed E-state index contributed by atoms with van der Waals surface area (Å²) in [6, 6.07) is 7.99. The second-order valence-corrected chi connectivity index (χ2v) is 4.84. The Morgan fingerprint density at radius 2 is 2.20 bits per heavy atom. The monoisotopic (exact) mass is 268 g/mol. The number of hydrogen-bond acceptors (Lipinski definition) is 4. The molecule has 0 aliphatic carbocycles. The third-order valence-electron chi connectivity index (χ3n) is 3.61. The summed E-state index contributed by atoms with van der Waals surface area (Å²) in [6.07, 6.45) is 5.47. The van der Waals surface area contributed by atoms with Crippen molar-refractivity contribution in [1.29, 1.82) is 0 Å². The molecular weight excluding hydrogens is 252 g/mol. The summed E-state index contributed by atoms with van der Waals surface area (Å²) in [6.45, 7) is 1.28. The zero-order valence-corrected chi connectivity index (χ0v) is 11.1. The summed E-state index contributed by atoms with van der Waals surface area (Å²) in [5, 5.41) is 0. The number of anilines is 1. The van der Waals surface area contributed by atoms with Gasteiger partial charge in [0.2, 0.25) is 0 Å². The van der Waals surface area contributed by atoms with E-state index >= 15 is 0 Å². The SMILES string of the molecule is NCCC1CN(C(=O)c2cnccn2)c2ccccc21. The lowest BCUT2D eigenvalue weighted by molar-refractivity contribution is 0.0983. The average molecular weight is 268 g/mol. The zero-order chi connectivity index (χ0) is 13.9. The van der Waals surface area contributed by atoms with Gasteiger partial charge in [-0.25, -0.2) is 4.98 Å². The normalized spacial score (nSPS) is 17.1. The fraction of sp³-hybridized carbons (Fsp3) is 0.267. The van der Waals surface area contributed by atoms with Gasteiger partial charge in [-0.05, 0) is 24.6 Å². The molecule has 5 heteroatoms. The molecule has 0 saturated carbocycles. The van der Waals surface area contributed by atoms with Crippen molar-refractivity contribution in [2.75, 3.05) is 18.0 Å². The summed E-state index contributed by atoms with van der Waals surface area (Å²) in [5.41, 5.74) is 8.19. The average Bonchev–Trinajstić information content (AvgIpc) is 2.87. The van der Waals surface area contributed by atoms with Crippen LogP contribution in [0.5, 0.6) is 0 Å². The van der Waals surface area contributed by atoms with Gasteiger partial charge < -0.3 is 10.6 Å². The molecule has 2 aromatic rings. The summed E-state index contributed by atoms with van der Waals surface area (Å²) >= 11 is 0. The molecule has 2 heterocycles. The van der Waals surface area contributed by atoms with Crippen LogP contribution in [0.4, 0.5) is 5.69 Å². The summed E-state index contributed by atoms with van der Waals surface area (Å²) in [4.78, 5) is 22.4. The first-order valence-electron chi connectivity index (χ1n) is 6.68. The number of hydrogen-bond donors (Lipinski definition) is 1. The number of carbonyl (C=O) groups excluding carboxylic acids is 1. The van der Waals surface area contributed by atoms with E-state index in [1.54, 1.807) is 11.1 Å². The molecule has 102 valence electrons. The molecular formula is C15H16N4O. The Morgan fingerprint density at radius 1 is 1.35 bits per heavy atom. The maximum Gasteiger partial charge on any atom is 0.278 e. The van der Waals surface area contributed by atoms with Gasteiger partial charge >= 0.3 is 0 Å². The van der Waals surface area contributed by atoms with E-state index in [-0.39, 0.29) is 5.91 Å². The maximum atomic E-state index is 12.6. The van der Waals surface area contributed by atoms with E-state index in [0.29, 0.717) is 24.7 Å². The van der Waals surface area contributed by atoms with Crippen molar-refractivity contribution >= 4 is 11.6 Å². The predicted molar refractivity (Wildman–Crippen MR) is 76.6 cm³/mol. The topological polar surface area (TPSA) is 72.1 Å². The highest BCUT2D eigenvalue weighted by Gasteiger charge is 2.32. The van der Waals surface area contributed by atoms with Crippen molar-refractivity contribution < 1.29 is 4.79 Å². The van der Waals surface area contributed by atoms with Crippen LogP contribution in [0.3, 0.4) is 0 Å². The van der Waals surface area contributed by atoms with Crippen molar-refractivity contribution in [2.45, 2.75) is 12.3 Å². The molecule has 1 aliphatic rings. The number of nitrogens with two attached hydrogens (primary N) is 1. The minimum atomic E-state index is -0.106. The molecule has 0 saturated heterocycles. The van der Waals surface area contributed by atoms with Crippen molar-refractivity contribution in [3.8, 4) is 0 Å². The summed E-state index contributed by atoms with van der Waals surface area (Å²) < 4.78 is 0. The molecule has 1 amide bonds. The number of carbonyl (C=O) groups is 1. The van der Waals surface area contributed by atoms with E-state index in [0.717, 1.165) is 12.1 Å². The van der Waals surface area contributed by atoms with E-state index in [9.17, 15) is 4.79 Å². The van der Waals surface area contributed by atoms with Crippen LogP contribution in [0.25, 0.3) is 0 Å². The predicted octanol–water partition coefficient (Wildman–Crippen LogP) is 1.57. The quantitative estimate of drug-likeness (QED) is 0.917. The molecule has 2 N–H and O–H groups in total. The van der Waals surface area contributed by atoms with Crippen LogP contribution in [-0.2, 0) is 0 Å². The van der Waals surface area contributed by atoms with Crippen LogP contribution < -0.4 is 10.6 Å². The molecule has 0 bridgehead atoms. The van der Waals surface area contributed by atoms with E-state index in [1.165, 1.54) is 18.0 Å². The van der Waals surface area contributed by atoms with Crippen LogP contribution in [0, 0.1) is 0 Å². The van der Waals surface area contributed by atoms with Crippen molar-refractivity contribution in [2.24, 2.45) is 5.73 Å². The van der Waals surface area contributed by atoms with E-state index in [2.05, 4.69) is 16.0 Å². The van der Waals surface area contributed by atoms with E-state index < -0.39 is 0 Å². The smallest absolute Gasteiger partial charge is 0.278 e. The van der Waals surface area contributed by atoms with Crippen LogP contribution in [0.15, 0.2) is 42.9 Å². The van der Waals surface area contributed by atoms with Crippen LogP contribution in [0.2, 0.25) is 0 Å². The molecule has 20 heavy (non-hydrogen) atoms. The Labute approximate surface area is 117 Å². The number of nitrogens with zero attached hydrogens (tertiary/aromatic N) is 3. The highest BCUT2D eigenvalue weighted by molar-refractivity contribution is 6.06. The van der Waals surface area contributed by atoms with E-state index in [1.807, 2.05) is 18.2 Å². The third kappa shape index (κ3) is 2.16. The fourth-order valence-electron chi connectivity index (χ4n) is 2.68. The molecule has 0 radical (unpaired) electrons. The van der Waals surface area contributed by atoms with Gasteiger partial charge in [0.15, 0.2) is 0 Å². The molecule has 1 aromatic heterocycles. The molecule has 5 nitrogen and oxygen atoms in total. The second kappa shape index (κ2) is 5.38. The maximum absolute atomic E-state index is 12.6. The second-order valence-electron chi connectivity index (χ2n) is 4.84. The summed E-state index contributed by atoms with van der Waals surface area (Å²) in [7, 11) is 0. The van der Waals surface area contributed by atoms with Crippen molar-refractivity contribution in [1.82, 2.24) is 9.97 Å². The standard InChI is InChI=1S/C15H16N4O/c16-6-5-11-10-19(14-4-2-1-3-12(11)14)15(20)13-9-17-7-8-18-13/h1-4,7-9,11H,5-6,10,16H2. The molecule has 1 aliphatic heterocycles. The molecule has 3 rings (SSSR count). The van der Waals surface area contributed by atoms with Gasteiger partial charge in [0.05, 0.1) is 6.20 Å². The first kappa shape index (κ1) is 12.7. The van der Waals surface area contributed by atoms with Gasteiger partial charge in [-0.3, -0.25) is 9.78 Å². The Kier molecular flexibility index (Phi) is 3.43. The Hall–Kier alpha value is -2.27. The molecule has 0 spiro atoms. The Morgan fingerprint density at radius 3 is 2.95 bits per heavy atom. The Balaban J connectivity index is 1.94. The van der Waals surface area contributed by atoms with Gasteiger partial charge in [-0.1, -0.05) is 18.2 Å². The lowest BCUT2D eigenvalue weighted by atomic mass is 9.98. The number of para-hydroxylation sites is 1. The van der Waals surface area contributed by atoms with Gasteiger partial charge in [-0.2, -0.15) is 0 Å². The van der Waals surface area contributed by atoms with Gasteiger partial charge in [0.25, 0.3) is 5.91 Å². The van der Waals surface area contributed by atoms with Crippen LogP contribution in [0.1, 0.15) is 28.4 Å². The van der Waals surface area contributed by atoms with Gasteiger partial charge in [0, 0.05) is 30.5 Å². The highest BCUT2D eigenvalue weighted by Crippen LogP contribution is 2.38. The zero-order valence-electron chi connectivity index (χ0n) is 11.1. The van der Waals surface area contributed by atoms with Crippen molar-refractivity contribution in [3.05, 3.63) is 54.1 Å². The fourth-order valence-corrected chi connectivity index (χ4v) is 2.68. The van der Waals surface area contributed by atoms with Crippen LogP contribution in [-0.4, -0.2) is 29.0 Å². The molecule has 1 atom stereocenters. The minimum absolute atomic E-state index is 0.106. The molecule has 1 unspecified atom stereocenters. The number of fused-ring (bicyclic) bond motifs is 1. The number of amides is 1. The lowest BCUT2D eigenvalue weighted by Crippen LogP contribution is -2.30. The van der Waals surface area contributed by atoms with Gasteiger partial charge in [0.1, 0.15) is 5.69 Å². The molecule has 1 aromatic carbocycles.